The third-order valence-corrected chi connectivity index (χ3v) is 3.80. The van der Waals surface area contributed by atoms with E-state index in [4.69, 9.17) is 5.26 Å². The SMILES string of the molecule is CC(CC#N)C(=O)c1ccc2c(c1)SCC(=O)N2. The molecule has 1 aromatic rings. The summed E-state index contributed by atoms with van der Waals surface area (Å²) in [6.45, 7) is 1.75. The zero-order valence-electron chi connectivity index (χ0n) is 9.90. The lowest BCUT2D eigenvalue weighted by Gasteiger charge is -2.17. The molecule has 0 saturated carbocycles. The number of carbonyl (C=O) groups excluding carboxylic acids is 2. The van der Waals surface area contributed by atoms with E-state index in [2.05, 4.69) is 5.32 Å². The van der Waals surface area contributed by atoms with Gasteiger partial charge in [0, 0.05) is 22.8 Å². The first-order valence-corrected chi connectivity index (χ1v) is 6.58. The number of nitrogens with one attached hydrogen (secondary N) is 1. The van der Waals surface area contributed by atoms with Crippen LogP contribution in [0, 0.1) is 17.2 Å². The van der Waals surface area contributed by atoms with E-state index in [0.29, 0.717) is 11.3 Å². The number of hydrogen-bond donors (Lipinski definition) is 1. The molecule has 1 N–H and O–H groups in total. The Morgan fingerprint density at radius 1 is 1.61 bits per heavy atom. The molecule has 5 heteroatoms. The second-order valence-corrected chi connectivity index (χ2v) is 5.19. The second-order valence-electron chi connectivity index (χ2n) is 4.18. The van der Waals surface area contributed by atoms with E-state index in [1.165, 1.54) is 11.8 Å². The molecule has 0 bridgehead atoms. The molecule has 1 aromatic carbocycles. The van der Waals surface area contributed by atoms with Gasteiger partial charge in [0.1, 0.15) is 0 Å². The summed E-state index contributed by atoms with van der Waals surface area (Å²) in [6.07, 6.45) is 0.222. The van der Waals surface area contributed by atoms with Gasteiger partial charge in [-0.05, 0) is 18.2 Å². The molecule has 0 aromatic heterocycles. The minimum absolute atomic E-state index is 0.0237. The lowest BCUT2D eigenvalue weighted by Crippen LogP contribution is -2.19. The number of thioether (sulfide) groups is 1. The molecule has 0 aliphatic carbocycles. The van der Waals surface area contributed by atoms with E-state index in [-0.39, 0.29) is 24.0 Å². The topological polar surface area (TPSA) is 70.0 Å². The van der Waals surface area contributed by atoms with E-state index < -0.39 is 0 Å². The van der Waals surface area contributed by atoms with Crippen LogP contribution in [0.2, 0.25) is 0 Å². The molecule has 2 rings (SSSR count). The molecule has 0 radical (unpaired) electrons. The summed E-state index contributed by atoms with van der Waals surface area (Å²) < 4.78 is 0. The zero-order chi connectivity index (χ0) is 13.1. The van der Waals surface area contributed by atoms with Gasteiger partial charge in [-0.15, -0.1) is 11.8 Å². The van der Waals surface area contributed by atoms with Crippen LogP contribution in [-0.4, -0.2) is 17.4 Å². The Labute approximate surface area is 109 Å². The van der Waals surface area contributed by atoms with Crippen LogP contribution in [-0.2, 0) is 4.79 Å². The Kier molecular flexibility index (Phi) is 3.68. The highest BCUT2D eigenvalue weighted by molar-refractivity contribution is 8.00. The van der Waals surface area contributed by atoms with Crippen molar-refractivity contribution < 1.29 is 9.59 Å². The van der Waals surface area contributed by atoms with Gasteiger partial charge in [-0.2, -0.15) is 5.26 Å². The van der Waals surface area contributed by atoms with E-state index in [0.717, 1.165) is 10.6 Å². The average Bonchev–Trinajstić information content (AvgIpc) is 2.37. The maximum absolute atomic E-state index is 12.0. The van der Waals surface area contributed by atoms with E-state index in [1.807, 2.05) is 6.07 Å². The highest BCUT2D eigenvalue weighted by atomic mass is 32.2. The molecule has 1 aliphatic heterocycles. The predicted octanol–water partition coefficient (Wildman–Crippen LogP) is 2.46. The molecule has 0 spiro atoms. The summed E-state index contributed by atoms with van der Waals surface area (Å²) in [5, 5.41) is 11.4. The smallest absolute Gasteiger partial charge is 0.234 e. The number of fused-ring (bicyclic) bond motifs is 1. The monoisotopic (exact) mass is 260 g/mol. The van der Waals surface area contributed by atoms with E-state index in [1.54, 1.807) is 25.1 Å². The van der Waals surface area contributed by atoms with Gasteiger partial charge in [-0.3, -0.25) is 9.59 Å². The molecule has 92 valence electrons. The molecule has 0 fully saturated rings. The Hall–Kier alpha value is -1.80. The Morgan fingerprint density at radius 3 is 3.11 bits per heavy atom. The number of hydrogen-bond acceptors (Lipinski definition) is 4. The summed E-state index contributed by atoms with van der Waals surface area (Å²) >= 11 is 1.42. The first kappa shape index (κ1) is 12.7. The second kappa shape index (κ2) is 5.23. The Morgan fingerprint density at radius 2 is 2.39 bits per heavy atom. The standard InChI is InChI=1S/C13H12N2O2S/c1-8(4-5-14)13(17)9-2-3-10-11(6-9)18-7-12(16)15-10/h2-3,6,8H,4,7H2,1H3,(H,15,16). The molecule has 1 unspecified atom stereocenters. The number of benzene rings is 1. The highest BCUT2D eigenvalue weighted by Crippen LogP contribution is 2.32. The first-order valence-electron chi connectivity index (χ1n) is 5.59. The van der Waals surface area contributed by atoms with Crippen molar-refractivity contribution in [1.82, 2.24) is 0 Å². The van der Waals surface area contributed by atoms with Gasteiger partial charge in [-0.25, -0.2) is 0 Å². The van der Waals surface area contributed by atoms with Crippen LogP contribution >= 0.6 is 11.8 Å². The lowest BCUT2D eigenvalue weighted by molar-refractivity contribution is -0.113. The summed E-state index contributed by atoms with van der Waals surface area (Å²) in [6, 6.07) is 7.23. The van der Waals surface area contributed by atoms with Gasteiger partial charge in [-0.1, -0.05) is 6.92 Å². The number of rotatable bonds is 3. The van der Waals surface area contributed by atoms with Crippen molar-refractivity contribution >= 4 is 29.1 Å². The van der Waals surface area contributed by atoms with Crippen LogP contribution in [0.1, 0.15) is 23.7 Å². The van der Waals surface area contributed by atoms with Gasteiger partial charge < -0.3 is 5.32 Å². The number of nitriles is 1. The number of Topliss-reactive ketones (excluding diaryl/α,β-unsaturated/α-hetero) is 1. The van der Waals surface area contributed by atoms with E-state index >= 15 is 0 Å². The summed E-state index contributed by atoms with van der Waals surface area (Å²) in [5.41, 5.74) is 1.35. The van der Waals surface area contributed by atoms with E-state index in [9.17, 15) is 9.59 Å². The largest absolute Gasteiger partial charge is 0.324 e. The van der Waals surface area contributed by atoms with Crippen molar-refractivity contribution in [2.75, 3.05) is 11.1 Å². The van der Waals surface area contributed by atoms with Crippen molar-refractivity contribution in [1.29, 1.82) is 5.26 Å². The maximum atomic E-state index is 12.0. The summed E-state index contributed by atoms with van der Waals surface area (Å²) in [7, 11) is 0. The van der Waals surface area contributed by atoms with Gasteiger partial charge in [0.15, 0.2) is 5.78 Å². The van der Waals surface area contributed by atoms with Crippen molar-refractivity contribution in [2.45, 2.75) is 18.2 Å². The molecule has 18 heavy (non-hydrogen) atoms. The molecule has 1 amide bonds. The van der Waals surface area contributed by atoms with Gasteiger partial charge in [0.25, 0.3) is 0 Å². The lowest BCUT2D eigenvalue weighted by atomic mass is 9.97. The van der Waals surface area contributed by atoms with Crippen molar-refractivity contribution in [2.24, 2.45) is 5.92 Å². The molecular weight excluding hydrogens is 248 g/mol. The van der Waals surface area contributed by atoms with Crippen LogP contribution in [0.25, 0.3) is 0 Å². The third-order valence-electron chi connectivity index (χ3n) is 2.74. The van der Waals surface area contributed by atoms with Crippen LogP contribution in [0.4, 0.5) is 5.69 Å². The van der Waals surface area contributed by atoms with Crippen molar-refractivity contribution in [3.05, 3.63) is 23.8 Å². The first-order chi connectivity index (χ1) is 8.61. The number of amides is 1. The van der Waals surface area contributed by atoms with Crippen molar-refractivity contribution in [3.63, 3.8) is 0 Å². The minimum atomic E-state index is -0.295. The summed E-state index contributed by atoms with van der Waals surface area (Å²) in [4.78, 5) is 24.1. The number of ketones is 1. The molecule has 1 heterocycles. The average molecular weight is 260 g/mol. The fraction of sp³-hybridized carbons (Fsp3) is 0.308. The number of nitrogens with zero attached hydrogens (tertiary/aromatic N) is 1. The molecule has 1 atom stereocenters. The molecular formula is C13H12N2O2S. The highest BCUT2D eigenvalue weighted by Gasteiger charge is 2.19. The van der Waals surface area contributed by atoms with Crippen molar-refractivity contribution in [3.8, 4) is 6.07 Å². The Balaban J connectivity index is 2.24. The predicted molar refractivity (Wildman–Crippen MR) is 69.5 cm³/mol. The van der Waals surface area contributed by atoms with Crippen LogP contribution in [0.15, 0.2) is 23.1 Å². The Bertz CT molecular complexity index is 548. The molecule has 4 nitrogen and oxygen atoms in total. The maximum Gasteiger partial charge on any atom is 0.234 e. The number of anilines is 1. The molecule has 1 aliphatic rings. The quantitative estimate of drug-likeness (QED) is 0.847. The van der Waals surface area contributed by atoms with Crippen LogP contribution < -0.4 is 5.32 Å². The number of carbonyl (C=O) groups is 2. The fourth-order valence-electron chi connectivity index (χ4n) is 1.74. The van der Waals surface area contributed by atoms with Gasteiger partial charge in [0.2, 0.25) is 5.91 Å². The van der Waals surface area contributed by atoms with Gasteiger partial charge >= 0.3 is 0 Å². The fourth-order valence-corrected chi connectivity index (χ4v) is 2.59. The molecule has 0 saturated heterocycles. The van der Waals surface area contributed by atoms with Crippen LogP contribution in [0.3, 0.4) is 0 Å². The minimum Gasteiger partial charge on any atom is -0.324 e. The zero-order valence-corrected chi connectivity index (χ0v) is 10.7. The van der Waals surface area contributed by atoms with Crippen LogP contribution in [0.5, 0.6) is 0 Å². The van der Waals surface area contributed by atoms with Gasteiger partial charge in [0.05, 0.1) is 17.5 Å². The summed E-state index contributed by atoms with van der Waals surface area (Å²) in [5.74, 6) is 0.0239. The third kappa shape index (κ3) is 2.54. The normalized spacial score (nSPS) is 15.2.